The van der Waals surface area contributed by atoms with Crippen LogP contribution in [0.2, 0.25) is 5.02 Å². The Bertz CT molecular complexity index is 1040. The molecule has 0 unspecified atom stereocenters. The van der Waals surface area contributed by atoms with E-state index in [9.17, 15) is 19.5 Å². The monoisotopic (exact) mass is 519 g/mol. The van der Waals surface area contributed by atoms with Crippen LogP contribution in [0.25, 0.3) is 0 Å². The van der Waals surface area contributed by atoms with E-state index in [4.69, 9.17) is 22.1 Å². The molecule has 3 aliphatic rings. The molecule has 4 rings (SSSR count). The number of likely N-dealkylation sites (tertiary alicyclic amines) is 1. The van der Waals surface area contributed by atoms with Gasteiger partial charge in [0.05, 0.1) is 17.4 Å². The molecule has 2 aliphatic heterocycles. The summed E-state index contributed by atoms with van der Waals surface area (Å²) in [5.41, 5.74) is 6.16. The third-order valence-corrected chi connectivity index (χ3v) is 8.57. The van der Waals surface area contributed by atoms with Crippen molar-refractivity contribution in [2.45, 2.75) is 65.3 Å². The van der Waals surface area contributed by atoms with Gasteiger partial charge in [-0.15, -0.1) is 0 Å². The summed E-state index contributed by atoms with van der Waals surface area (Å²) in [6.45, 7) is 7.79. The number of rotatable bonds is 7. The number of amides is 2. The smallest absolute Gasteiger partial charge is 0.310 e. The highest BCUT2D eigenvalue weighted by Gasteiger charge is 2.50. The highest BCUT2D eigenvalue weighted by atomic mass is 35.5. The molecule has 3 N–H and O–H groups in total. The van der Waals surface area contributed by atoms with Crippen molar-refractivity contribution in [3.05, 3.63) is 28.3 Å². The SMILES string of the molecule is CC1(C)CC(=O)N(C[C@@H]2c3c(OCCN)ccc(Cl)c3CCN2C(=O)[C@@H]2CCCC[C@]2(C)C(=O)O)C1. The number of carboxylic acid groups (broad SMARTS) is 1. The van der Waals surface area contributed by atoms with Crippen molar-refractivity contribution in [2.24, 2.45) is 22.5 Å². The first-order valence-electron chi connectivity index (χ1n) is 12.9. The Kier molecular flexibility index (Phi) is 7.58. The molecule has 36 heavy (non-hydrogen) atoms. The predicted molar refractivity (Wildman–Crippen MR) is 137 cm³/mol. The molecule has 1 saturated carbocycles. The molecule has 198 valence electrons. The van der Waals surface area contributed by atoms with Crippen LogP contribution in [0, 0.1) is 16.7 Å². The first-order chi connectivity index (χ1) is 17.0. The van der Waals surface area contributed by atoms with Crippen LogP contribution in [0.3, 0.4) is 0 Å². The normalized spacial score (nSPS) is 27.6. The van der Waals surface area contributed by atoms with Crippen LogP contribution in [0.4, 0.5) is 0 Å². The zero-order chi connectivity index (χ0) is 26.3. The zero-order valence-electron chi connectivity index (χ0n) is 21.5. The van der Waals surface area contributed by atoms with Gasteiger partial charge in [0.2, 0.25) is 11.8 Å². The van der Waals surface area contributed by atoms with Gasteiger partial charge in [-0.2, -0.15) is 0 Å². The van der Waals surface area contributed by atoms with Crippen molar-refractivity contribution < 1.29 is 24.2 Å². The van der Waals surface area contributed by atoms with E-state index in [1.807, 2.05) is 4.90 Å². The molecule has 8 nitrogen and oxygen atoms in total. The molecule has 9 heteroatoms. The van der Waals surface area contributed by atoms with Gasteiger partial charge in [0.15, 0.2) is 0 Å². The Morgan fingerprint density at radius 1 is 1.25 bits per heavy atom. The van der Waals surface area contributed by atoms with Crippen molar-refractivity contribution in [3.8, 4) is 5.75 Å². The van der Waals surface area contributed by atoms with Gasteiger partial charge in [-0.25, -0.2) is 0 Å². The van der Waals surface area contributed by atoms with Crippen molar-refractivity contribution in [1.82, 2.24) is 9.80 Å². The molecule has 0 radical (unpaired) electrons. The van der Waals surface area contributed by atoms with Crippen molar-refractivity contribution in [3.63, 3.8) is 0 Å². The Hall–Kier alpha value is -2.32. The lowest BCUT2D eigenvalue weighted by Crippen LogP contribution is -2.52. The van der Waals surface area contributed by atoms with Crippen molar-refractivity contribution in [2.75, 3.05) is 32.8 Å². The van der Waals surface area contributed by atoms with Crippen LogP contribution in [-0.2, 0) is 20.8 Å². The quantitative estimate of drug-likeness (QED) is 0.568. The fourth-order valence-corrected chi connectivity index (χ4v) is 6.53. The van der Waals surface area contributed by atoms with Gasteiger partial charge in [0.25, 0.3) is 0 Å². The Morgan fingerprint density at radius 2 is 2.00 bits per heavy atom. The summed E-state index contributed by atoms with van der Waals surface area (Å²) in [4.78, 5) is 43.0. The average Bonchev–Trinajstić information content (AvgIpc) is 3.09. The Morgan fingerprint density at radius 3 is 2.64 bits per heavy atom. The molecule has 2 amide bonds. The summed E-state index contributed by atoms with van der Waals surface area (Å²) in [6.07, 6.45) is 3.62. The van der Waals surface area contributed by atoms with Gasteiger partial charge in [0, 0.05) is 43.2 Å². The summed E-state index contributed by atoms with van der Waals surface area (Å²) in [6, 6.07) is 3.12. The molecule has 2 fully saturated rings. The minimum absolute atomic E-state index is 0.0546. The maximum absolute atomic E-state index is 14.2. The first kappa shape index (κ1) is 26.7. The number of ether oxygens (including phenoxy) is 1. The molecule has 1 aromatic carbocycles. The van der Waals surface area contributed by atoms with Crippen molar-refractivity contribution >= 4 is 29.4 Å². The van der Waals surface area contributed by atoms with E-state index in [0.29, 0.717) is 69.2 Å². The second-order valence-electron chi connectivity index (χ2n) is 11.5. The number of hydrogen-bond donors (Lipinski definition) is 2. The number of carbonyl (C=O) groups excluding carboxylic acids is 2. The molecule has 1 aliphatic carbocycles. The predicted octanol–water partition coefficient (Wildman–Crippen LogP) is 3.64. The summed E-state index contributed by atoms with van der Waals surface area (Å²) < 4.78 is 6.00. The topological polar surface area (TPSA) is 113 Å². The number of nitrogens with two attached hydrogens (primary N) is 1. The minimum Gasteiger partial charge on any atom is -0.492 e. The number of carbonyl (C=O) groups is 3. The number of hydrogen-bond acceptors (Lipinski definition) is 5. The second-order valence-corrected chi connectivity index (χ2v) is 11.9. The number of fused-ring (bicyclic) bond motifs is 1. The number of nitrogens with zero attached hydrogens (tertiary/aromatic N) is 2. The third kappa shape index (κ3) is 4.94. The maximum atomic E-state index is 14.2. The highest BCUT2D eigenvalue weighted by molar-refractivity contribution is 6.31. The maximum Gasteiger partial charge on any atom is 0.310 e. The Balaban J connectivity index is 1.76. The van der Waals surface area contributed by atoms with Gasteiger partial charge in [0.1, 0.15) is 12.4 Å². The zero-order valence-corrected chi connectivity index (χ0v) is 22.3. The van der Waals surface area contributed by atoms with Gasteiger partial charge in [-0.1, -0.05) is 38.3 Å². The van der Waals surface area contributed by atoms with E-state index in [2.05, 4.69) is 13.8 Å². The molecule has 0 aromatic heterocycles. The second kappa shape index (κ2) is 10.2. The molecule has 3 atom stereocenters. The van der Waals surface area contributed by atoms with Crippen LogP contribution in [-0.4, -0.2) is 65.5 Å². The standard InChI is InChI=1S/C27H38ClN3O5/c1-26(2)14-22(32)30(16-26)15-20-23-17(19(28)7-8-21(23)36-13-11-29)9-12-31(20)24(33)18-6-4-5-10-27(18,3)25(34)35/h7-8,18,20H,4-6,9-16,29H2,1-3H3,(H,34,35)/t18-,20+,27-/m0/s1. The molecule has 1 saturated heterocycles. The van der Waals surface area contributed by atoms with Crippen LogP contribution in [0.5, 0.6) is 5.75 Å². The lowest BCUT2D eigenvalue weighted by atomic mass is 9.66. The number of halogens is 1. The highest BCUT2D eigenvalue weighted by Crippen LogP contribution is 2.46. The lowest BCUT2D eigenvalue weighted by molar-refractivity contribution is -0.162. The summed E-state index contributed by atoms with van der Waals surface area (Å²) in [7, 11) is 0. The minimum atomic E-state index is -1.11. The molecule has 0 bridgehead atoms. The van der Waals surface area contributed by atoms with Crippen LogP contribution in [0.15, 0.2) is 12.1 Å². The summed E-state index contributed by atoms with van der Waals surface area (Å²) >= 11 is 6.63. The van der Waals surface area contributed by atoms with Gasteiger partial charge in [-0.3, -0.25) is 14.4 Å². The average molecular weight is 520 g/mol. The number of benzene rings is 1. The molecular weight excluding hydrogens is 482 g/mol. The van der Waals surface area contributed by atoms with E-state index >= 15 is 0 Å². The molecule has 0 spiro atoms. The fraction of sp³-hybridized carbons (Fsp3) is 0.667. The number of aliphatic carboxylic acids is 1. The van der Waals surface area contributed by atoms with Gasteiger partial charge >= 0.3 is 5.97 Å². The van der Waals surface area contributed by atoms with E-state index in [1.165, 1.54) is 0 Å². The lowest BCUT2D eigenvalue weighted by Gasteiger charge is -2.45. The van der Waals surface area contributed by atoms with Crippen LogP contribution >= 0.6 is 11.6 Å². The molecular formula is C27H38ClN3O5. The fourth-order valence-electron chi connectivity index (χ4n) is 6.27. The molecule has 2 heterocycles. The van der Waals surface area contributed by atoms with E-state index in [0.717, 1.165) is 24.0 Å². The molecule has 1 aromatic rings. The first-order valence-corrected chi connectivity index (χ1v) is 13.3. The third-order valence-electron chi connectivity index (χ3n) is 8.22. The van der Waals surface area contributed by atoms with Crippen molar-refractivity contribution in [1.29, 1.82) is 0 Å². The van der Waals surface area contributed by atoms with Gasteiger partial charge < -0.3 is 25.4 Å². The Labute approximate surface area is 218 Å². The summed E-state index contributed by atoms with van der Waals surface area (Å²) in [5, 5.41) is 10.7. The van der Waals surface area contributed by atoms with E-state index < -0.39 is 23.3 Å². The van der Waals surface area contributed by atoms with E-state index in [1.54, 1.807) is 24.0 Å². The van der Waals surface area contributed by atoms with Crippen LogP contribution < -0.4 is 10.5 Å². The summed E-state index contributed by atoms with van der Waals surface area (Å²) in [5.74, 6) is -1.05. The largest absolute Gasteiger partial charge is 0.492 e. The number of carboxylic acids is 1. The van der Waals surface area contributed by atoms with Gasteiger partial charge in [-0.05, 0) is 49.3 Å². The van der Waals surface area contributed by atoms with Crippen LogP contribution in [0.1, 0.15) is 70.0 Å². The van der Waals surface area contributed by atoms with E-state index in [-0.39, 0.29) is 17.2 Å².